The Morgan fingerprint density at radius 1 is 1.31 bits per heavy atom. The molecule has 1 aliphatic rings. The Morgan fingerprint density at radius 3 is 2.77 bits per heavy atom. The first-order chi connectivity index (χ1) is 6.25. The summed E-state index contributed by atoms with van der Waals surface area (Å²) in [4.78, 5) is 22.5. The van der Waals surface area contributed by atoms with Crippen LogP contribution >= 0.6 is 0 Å². The van der Waals surface area contributed by atoms with Crippen LogP contribution < -0.4 is 0 Å². The van der Waals surface area contributed by atoms with E-state index >= 15 is 0 Å². The van der Waals surface area contributed by atoms with Crippen LogP contribution in [0.3, 0.4) is 0 Å². The van der Waals surface area contributed by atoms with E-state index in [0.717, 1.165) is 25.7 Å². The Hall–Kier alpha value is -0.660. The number of Topliss-reactive ketones (excluding diaryl/α,β-unsaturated/α-hetero) is 2. The first-order valence-electron chi connectivity index (χ1n) is 5.32. The second-order valence-corrected chi connectivity index (χ2v) is 3.87. The van der Waals surface area contributed by atoms with Gasteiger partial charge in [-0.05, 0) is 19.3 Å². The van der Waals surface area contributed by atoms with E-state index in [1.54, 1.807) is 0 Å². The van der Waals surface area contributed by atoms with Crippen LogP contribution in [0.25, 0.3) is 0 Å². The molecule has 0 heterocycles. The van der Waals surface area contributed by atoms with Gasteiger partial charge in [0, 0.05) is 12.3 Å². The minimum absolute atomic E-state index is 0.0628. The Bertz CT molecular complexity index is 196. The molecule has 1 atom stereocenters. The maximum Gasteiger partial charge on any atom is 0.201 e. The Balaban J connectivity index is 2.31. The third-order valence-corrected chi connectivity index (χ3v) is 2.76. The lowest BCUT2D eigenvalue weighted by Crippen LogP contribution is -2.28. The molecule has 74 valence electrons. The fraction of sp³-hybridized carbons (Fsp3) is 0.818. The van der Waals surface area contributed by atoms with Gasteiger partial charge in [-0.3, -0.25) is 9.59 Å². The summed E-state index contributed by atoms with van der Waals surface area (Å²) in [5.74, 6) is -0.164. The molecule has 0 radical (unpaired) electrons. The van der Waals surface area contributed by atoms with Crippen LogP contribution in [0.5, 0.6) is 0 Å². The summed E-state index contributed by atoms with van der Waals surface area (Å²) in [6, 6.07) is 0. The van der Waals surface area contributed by atoms with Crippen LogP contribution in [0.15, 0.2) is 0 Å². The first kappa shape index (κ1) is 10.4. The average molecular weight is 182 g/mol. The predicted molar refractivity (Wildman–Crippen MR) is 51.5 cm³/mol. The zero-order valence-electron chi connectivity index (χ0n) is 8.34. The van der Waals surface area contributed by atoms with E-state index in [1.807, 2.05) is 0 Å². The molecule has 0 bridgehead atoms. The topological polar surface area (TPSA) is 34.1 Å². The van der Waals surface area contributed by atoms with Gasteiger partial charge in [0.2, 0.25) is 5.78 Å². The van der Waals surface area contributed by atoms with Gasteiger partial charge in [-0.15, -0.1) is 0 Å². The van der Waals surface area contributed by atoms with Crippen molar-refractivity contribution in [1.29, 1.82) is 0 Å². The van der Waals surface area contributed by atoms with Gasteiger partial charge in [0.1, 0.15) is 0 Å². The van der Waals surface area contributed by atoms with Crippen LogP contribution in [-0.4, -0.2) is 11.6 Å². The van der Waals surface area contributed by atoms with Crippen LogP contribution in [0.1, 0.15) is 51.9 Å². The van der Waals surface area contributed by atoms with Crippen LogP contribution in [-0.2, 0) is 9.59 Å². The standard InChI is InChI=1S/C11H18O2/c1-2-3-4-6-9-7-5-8-10(12)11(9)13/h9H,2-8H2,1H3. The second-order valence-electron chi connectivity index (χ2n) is 3.87. The number of unbranched alkanes of at least 4 members (excludes halogenated alkanes) is 2. The summed E-state index contributed by atoms with van der Waals surface area (Å²) < 4.78 is 0. The number of hydrogen-bond acceptors (Lipinski definition) is 2. The molecular formula is C11H18O2. The summed E-state index contributed by atoms with van der Waals surface area (Å²) >= 11 is 0. The number of carbonyl (C=O) groups excluding carboxylic acids is 2. The molecule has 1 saturated carbocycles. The molecule has 0 spiro atoms. The number of carbonyl (C=O) groups is 2. The maximum atomic E-state index is 11.4. The first-order valence-corrected chi connectivity index (χ1v) is 5.32. The molecule has 1 fully saturated rings. The SMILES string of the molecule is CCCCCC1CCCC(=O)C1=O. The van der Waals surface area contributed by atoms with Crippen LogP contribution in [0.4, 0.5) is 0 Å². The van der Waals surface area contributed by atoms with Crippen molar-refractivity contribution in [3.05, 3.63) is 0 Å². The summed E-state index contributed by atoms with van der Waals surface area (Å²) in [5.41, 5.74) is 0. The van der Waals surface area contributed by atoms with Crippen molar-refractivity contribution < 1.29 is 9.59 Å². The molecule has 2 nitrogen and oxygen atoms in total. The Labute approximate surface area is 79.7 Å². The van der Waals surface area contributed by atoms with Crippen molar-refractivity contribution in [1.82, 2.24) is 0 Å². The largest absolute Gasteiger partial charge is 0.291 e. The van der Waals surface area contributed by atoms with Gasteiger partial charge in [-0.1, -0.05) is 26.2 Å². The van der Waals surface area contributed by atoms with Gasteiger partial charge in [0.05, 0.1) is 0 Å². The van der Waals surface area contributed by atoms with Gasteiger partial charge < -0.3 is 0 Å². The fourth-order valence-corrected chi connectivity index (χ4v) is 1.91. The van der Waals surface area contributed by atoms with Gasteiger partial charge in [0.15, 0.2) is 5.78 Å². The van der Waals surface area contributed by atoms with Gasteiger partial charge in [-0.2, -0.15) is 0 Å². The number of rotatable bonds is 4. The molecule has 0 aliphatic heterocycles. The predicted octanol–water partition coefficient (Wildman–Crippen LogP) is 2.51. The highest BCUT2D eigenvalue weighted by atomic mass is 16.2. The third kappa shape index (κ3) is 2.94. The molecule has 0 saturated heterocycles. The van der Waals surface area contributed by atoms with E-state index in [4.69, 9.17) is 0 Å². The van der Waals surface area contributed by atoms with Crippen molar-refractivity contribution >= 4 is 11.6 Å². The summed E-state index contributed by atoms with van der Waals surface area (Å²) in [6.07, 6.45) is 6.73. The lowest BCUT2D eigenvalue weighted by Gasteiger charge is -2.18. The molecule has 1 rings (SSSR count). The quantitative estimate of drug-likeness (QED) is 0.494. The minimum Gasteiger partial charge on any atom is -0.291 e. The van der Waals surface area contributed by atoms with Crippen molar-refractivity contribution in [3.8, 4) is 0 Å². The van der Waals surface area contributed by atoms with Crippen LogP contribution in [0, 0.1) is 5.92 Å². The van der Waals surface area contributed by atoms with Gasteiger partial charge >= 0.3 is 0 Å². The van der Waals surface area contributed by atoms with Crippen molar-refractivity contribution in [2.45, 2.75) is 51.9 Å². The lowest BCUT2D eigenvalue weighted by atomic mass is 9.84. The Morgan fingerprint density at radius 2 is 2.08 bits per heavy atom. The highest BCUT2D eigenvalue weighted by molar-refractivity contribution is 6.38. The van der Waals surface area contributed by atoms with E-state index in [1.165, 1.54) is 12.8 Å². The highest BCUT2D eigenvalue weighted by Crippen LogP contribution is 2.23. The zero-order chi connectivity index (χ0) is 9.68. The van der Waals surface area contributed by atoms with Crippen molar-refractivity contribution in [2.75, 3.05) is 0 Å². The van der Waals surface area contributed by atoms with E-state index in [2.05, 4.69) is 6.92 Å². The van der Waals surface area contributed by atoms with Crippen LogP contribution in [0.2, 0.25) is 0 Å². The average Bonchev–Trinajstić information content (AvgIpc) is 2.13. The zero-order valence-corrected chi connectivity index (χ0v) is 8.34. The van der Waals surface area contributed by atoms with E-state index in [-0.39, 0.29) is 17.5 Å². The summed E-state index contributed by atoms with van der Waals surface area (Å²) in [7, 11) is 0. The molecule has 2 heteroatoms. The number of hydrogen-bond donors (Lipinski definition) is 0. The third-order valence-electron chi connectivity index (χ3n) is 2.76. The molecule has 0 aromatic heterocycles. The molecular weight excluding hydrogens is 164 g/mol. The van der Waals surface area contributed by atoms with E-state index in [9.17, 15) is 9.59 Å². The van der Waals surface area contributed by atoms with E-state index < -0.39 is 0 Å². The van der Waals surface area contributed by atoms with Crippen molar-refractivity contribution in [2.24, 2.45) is 5.92 Å². The normalized spacial score (nSPS) is 23.6. The van der Waals surface area contributed by atoms with Gasteiger partial charge in [-0.25, -0.2) is 0 Å². The summed E-state index contributed by atoms with van der Waals surface area (Å²) in [5, 5.41) is 0. The lowest BCUT2D eigenvalue weighted by molar-refractivity contribution is -0.141. The maximum absolute atomic E-state index is 11.4. The number of ketones is 2. The smallest absolute Gasteiger partial charge is 0.201 e. The monoisotopic (exact) mass is 182 g/mol. The molecule has 1 unspecified atom stereocenters. The molecule has 1 aliphatic carbocycles. The minimum atomic E-state index is -0.132. The second kappa shape index (κ2) is 5.15. The molecule has 0 N–H and O–H groups in total. The van der Waals surface area contributed by atoms with Crippen molar-refractivity contribution in [3.63, 3.8) is 0 Å². The van der Waals surface area contributed by atoms with Gasteiger partial charge in [0.25, 0.3) is 0 Å². The fourth-order valence-electron chi connectivity index (χ4n) is 1.91. The Kier molecular flexibility index (Phi) is 4.13. The van der Waals surface area contributed by atoms with E-state index in [0.29, 0.717) is 6.42 Å². The molecule has 0 amide bonds. The highest BCUT2D eigenvalue weighted by Gasteiger charge is 2.28. The molecule has 13 heavy (non-hydrogen) atoms. The molecule has 0 aromatic rings. The molecule has 0 aromatic carbocycles. The summed E-state index contributed by atoms with van der Waals surface area (Å²) in [6.45, 7) is 2.15.